The van der Waals surface area contributed by atoms with E-state index in [1.807, 2.05) is 0 Å². The summed E-state index contributed by atoms with van der Waals surface area (Å²) in [7, 11) is -12.5. The van der Waals surface area contributed by atoms with Gasteiger partial charge in [0.05, 0.1) is 46.0 Å². The maximum absolute atomic E-state index is 13.7. The number of methoxy groups -OCH3 is 2. The molecule has 0 aliphatic heterocycles. The van der Waals surface area contributed by atoms with Crippen LogP contribution in [0.4, 0.5) is 39.8 Å². The summed E-state index contributed by atoms with van der Waals surface area (Å²) in [6, 6.07) is 23.8. The van der Waals surface area contributed by atoms with E-state index in [4.69, 9.17) is 15.2 Å². The fourth-order valence-corrected chi connectivity index (χ4v) is 7.96. The quantitative estimate of drug-likeness (QED) is 0.0367. The van der Waals surface area contributed by atoms with E-state index in [-0.39, 0.29) is 162 Å². The summed E-state index contributed by atoms with van der Waals surface area (Å²) in [6.45, 7) is 0. The fourth-order valence-electron chi connectivity index (χ4n) is 6.31. The van der Waals surface area contributed by atoms with Gasteiger partial charge in [0, 0.05) is 45.4 Å². The van der Waals surface area contributed by atoms with Crippen LogP contribution in [0.3, 0.4) is 0 Å². The summed E-state index contributed by atoms with van der Waals surface area (Å²) in [6.07, 6.45) is 0.953. The molecule has 6 aromatic carbocycles. The van der Waals surface area contributed by atoms with Gasteiger partial charge in [-0.25, -0.2) is 25.3 Å². The number of hydrogen-bond acceptors (Lipinski definition) is 20. The monoisotopic (exact) mass is 1010 g/mol. The minimum atomic E-state index is -5.32. The van der Waals surface area contributed by atoms with Crippen molar-refractivity contribution in [2.24, 2.45) is 25.6 Å². The summed E-state index contributed by atoms with van der Waals surface area (Å²) in [5, 5.41) is 23.6. The van der Waals surface area contributed by atoms with Crippen LogP contribution in [0.1, 0.15) is 26.3 Å². The Kier molecular flexibility index (Phi) is 18.7. The van der Waals surface area contributed by atoms with Crippen LogP contribution < -0.4 is 115 Å². The smallest absolute Gasteiger partial charge is 0.744 e. The Balaban J connectivity index is 0.00000336. The third kappa shape index (κ3) is 12.9. The average molecular weight is 1010 g/mol. The standard InChI is InChI=1S/C41H32N8O13S3.3Na/c1-61-36-21-35(48-49-39-38(65(58,59)60)17-23-16-25(9-11-29(23)40(39)50)43-41(51)22-5-3-6-24(42)15-22)37(62-2)20-34(36)47-46-33-14-13-32(30-12-10-28(19-31(30)33)64(55,56)57)45-44-26-7-4-8-27(18-26)63(52,53)54;;;/h3-21,48H,42H2,1-2H3,(H,43,51)(H,52,53,54)(H,55,56,57)(H,58,59,60);;;/q;3*+1/p-3/b45-44?,47-46?,49-39-;;;. The van der Waals surface area contributed by atoms with Crippen molar-refractivity contribution in [1.29, 1.82) is 0 Å². The van der Waals surface area contributed by atoms with Crippen molar-refractivity contribution >= 4 is 104 Å². The van der Waals surface area contributed by atoms with E-state index in [0.717, 1.165) is 30.3 Å². The number of ketones is 1. The molecular formula is C41H29N8Na3O13S3. The summed E-state index contributed by atoms with van der Waals surface area (Å²) < 4.78 is 119. The number of ether oxygens (including phenoxy) is 2. The van der Waals surface area contributed by atoms with Gasteiger partial charge in [0.1, 0.15) is 58.9 Å². The first kappa shape index (κ1) is 55.9. The number of carbonyl (C=O) groups is 2. The maximum atomic E-state index is 13.7. The van der Waals surface area contributed by atoms with Gasteiger partial charge in [0.2, 0.25) is 5.78 Å². The molecular weight excluding hydrogens is 978 g/mol. The van der Waals surface area contributed by atoms with E-state index in [1.165, 1.54) is 87.0 Å². The fraction of sp³-hybridized carbons (Fsp3) is 0.0488. The maximum Gasteiger partial charge on any atom is 1.00 e. The second-order valence-electron chi connectivity index (χ2n) is 13.6. The van der Waals surface area contributed by atoms with E-state index < -0.39 is 62.5 Å². The molecule has 0 saturated carbocycles. The van der Waals surface area contributed by atoms with E-state index in [9.17, 15) is 48.5 Å². The van der Waals surface area contributed by atoms with Crippen molar-refractivity contribution in [1.82, 2.24) is 0 Å². The van der Waals surface area contributed by atoms with Crippen LogP contribution in [-0.4, -0.2) is 70.5 Å². The number of fused-ring (bicyclic) bond motifs is 2. The number of amides is 1. The number of hydrazone groups is 1. The molecule has 0 fully saturated rings. The molecule has 1 aliphatic carbocycles. The molecule has 1 amide bonds. The predicted octanol–water partition coefficient (Wildman–Crippen LogP) is -2.11. The van der Waals surface area contributed by atoms with Crippen LogP contribution >= 0.6 is 0 Å². The van der Waals surface area contributed by atoms with Crippen molar-refractivity contribution in [2.75, 3.05) is 30.7 Å². The van der Waals surface area contributed by atoms with Crippen LogP contribution in [0.2, 0.25) is 0 Å². The van der Waals surface area contributed by atoms with Crippen molar-refractivity contribution in [2.45, 2.75) is 9.79 Å². The van der Waals surface area contributed by atoms with E-state index >= 15 is 0 Å². The number of Topliss-reactive ketones (excluding diaryl/α,β-unsaturated/α-hetero) is 1. The average Bonchev–Trinajstić information content (AvgIpc) is 3.26. The second-order valence-corrected chi connectivity index (χ2v) is 17.7. The van der Waals surface area contributed by atoms with Gasteiger partial charge in [-0.15, -0.1) is 15.3 Å². The number of rotatable bonds is 13. The Morgan fingerprint density at radius 1 is 0.632 bits per heavy atom. The van der Waals surface area contributed by atoms with E-state index in [0.29, 0.717) is 5.69 Å². The molecule has 0 aromatic heterocycles. The van der Waals surface area contributed by atoms with Gasteiger partial charge < -0.3 is 34.2 Å². The Labute approximate surface area is 454 Å². The largest absolute Gasteiger partial charge is 1.00 e. The summed E-state index contributed by atoms with van der Waals surface area (Å²) in [5.41, 5.74) is 8.50. The van der Waals surface area contributed by atoms with E-state index in [1.54, 1.807) is 12.1 Å². The molecule has 332 valence electrons. The topological polar surface area (TPSA) is 336 Å². The zero-order valence-corrected chi connectivity index (χ0v) is 44.8. The zero-order valence-electron chi connectivity index (χ0n) is 36.3. The number of nitrogens with zero attached hydrogens (tertiary/aromatic N) is 5. The molecule has 68 heavy (non-hydrogen) atoms. The molecule has 1 aliphatic rings. The molecule has 7 rings (SSSR count). The van der Waals surface area contributed by atoms with Crippen molar-refractivity contribution in [3.05, 3.63) is 131 Å². The molecule has 0 heterocycles. The minimum Gasteiger partial charge on any atom is -0.744 e. The van der Waals surface area contributed by atoms with Crippen LogP contribution in [0.5, 0.6) is 11.5 Å². The van der Waals surface area contributed by atoms with Gasteiger partial charge in [-0.1, -0.05) is 18.2 Å². The van der Waals surface area contributed by atoms with Crippen LogP contribution in [-0.2, 0) is 30.4 Å². The SMILES string of the molecule is COc1cc(N/N=C2\C(=O)c3ccc(NC(=O)c4cccc(N)c4)cc3C=C2S(=O)(=O)[O-])c(OC)cc1N=Nc1ccc(N=Nc2cccc(S(=O)(=O)[O-])c2)c2ccc(S(=O)(=O)[O-])cc12.[Na+].[Na+].[Na+]. The normalized spacial score (nSPS) is 13.2. The number of anilines is 3. The number of nitrogens with one attached hydrogen (secondary N) is 2. The van der Waals surface area contributed by atoms with Gasteiger partial charge in [-0.05, 0) is 90.5 Å². The van der Waals surface area contributed by atoms with E-state index in [2.05, 4.69) is 36.3 Å². The van der Waals surface area contributed by atoms with Crippen LogP contribution in [0.25, 0.3) is 16.8 Å². The first-order valence-corrected chi connectivity index (χ1v) is 22.5. The number of azo groups is 2. The summed E-state index contributed by atoms with van der Waals surface area (Å²) >= 11 is 0. The summed E-state index contributed by atoms with van der Waals surface area (Å²) in [5.74, 6) is -1.47. The van der Waals surface area contributed by atoms with Gasteiger partial charge in [0.25, 0.3) is 5.91 Å². The van der Waals surface area contributed by atoms with Gasteiger partial charge >= 0.3 is 88.7 Å². The third-order valence-corrected chi connectivity index (χ3v) is 11.9. The molecule has 0 unspecified atom stereocenters. The van der Waals surface area contributed by atoms with Crippen molar-refractivity contribution < 1.29 is 147 Å². The molecule has 0 radical (unpaired) electrons. The Morgan fingerprint density at radius 3 is 1.91 bits per heavy atom. The van der Waals surface area contributed by atoms with Crippen LogP contribution in [0.15, 0.2) is 149 Å². The number of nitrogen functional groups attached to an aromatic ring is 1. The van der Waals surface area contributed by atoms with Crippen molar-refractivity contribution in [3.8, 4) is 11.5 Å². The Bertz CT molecular complexity index is 3470. The molecule has 0 bridgehead atoms. The number of benzene rings is 6. The van der Waals surface area contributed by atoms with Crippen LogP contribution in [0, 0.1) is 0 Å². The first-order valence-electron chi connectivity index (χ1n) is 18.3. The first-order chi connectivity index (χ1) is 30.7. The number of carbonyl (C=O) groups excluding carboxylic acids is 2. The Hall–Kier alpha value is -4.74. The molecule has 6 aromatic rings. The third-order valence-electron chi connectivity index (χ3n) is 9.37. The second kappa shape index (κ2) is 22.8. The van der Waals surface area contributed by atoms with Gasteiger partial charge in [0.15, 0.2) is 0 Å². The van der Waals surface area contributed by atoms with Gasteiger partial charge in [-0.2, -0.15) is 10.2 Å². The number of hydrogen-bond donors (Lipinski definition) is 3. The summed E-state index contributed by atoms with van der Waals surface area (Å²) in [4.78, 5) is 24.4. The molecule has 4 N–H and O–H groups in total. The molecule has 0 saturated heterocycles. The molecule has 0 atom stereocenters. The Morgan fingerprint density at radius 2 is 1.26 bits per heavy atom. The minimum absolute atomic E-state index is 0. The number of allylic oxidation sites excluding steroid dienone is 1. The molecule has 21 nitrogen and oxygen atoms in total. The molecule has 27 heteroatoms. The predicted molar refractivity (Wildman–Crippen MR) is 233 cm³/mol. The van der Waals surface area contributed by atoms with Crippen molar-refractivity contribution in [3.63, 3.8) is 0 Å². The van der Waals surface area contributed by atoms with Gasteiger partial charge in [-0.3, -0.25) is 15.0 Å². The molecule has 0 spiro atoms. The zero-order chi connectivity index (χ0) is 46.8. The number of nitrogens with two attached hydrogens (primary N) is 1.